The quantitative estimate of drug-likeness (QED) is 0.813. The highest BCUT2D eigenvalue weighted by Gasteiger charge is 2.40. The minimum Gasteiger partial charge on any atom is -0.348 e. The monoisotopic (exact) mass is 323 g/mol. The molecular weight excluding hydrogens is 306 g/mol. The molecular formula is C14H17N3O4S. The standard InChI is InChI=1S/C14H17N3O4S/c1-2-17-14(19)11-4-3-9(7-12(11)22(17,20)21)13(18)16-10-5-6-15-8-10/h3-4,7,10,15H,2,5-6,8H2,1H3,(H,16,18). The van der Waals surface area contributed by atoms with Crippen molar-refractivity contribution in [1.29, 1.82) is 0 Å². The molecule has 3 rings (SSSR count). The van der Waals surface area contributed by atoms with Gasteiger partial charge in [0.15, 0.2) is 0 Å². The average Bonchev–Trinajstić information content (AvgIpc) is 3.05. The van der Waals surface area contributed by atoms with E-state index in [1.54, 1.807) is 6.92 Å². The van der Waals surface area contributed by atoms with Crippen molar-refractivity contribution in [2.45, 2.75) is 24.3 Å². The predicted octanol–water partition coefficient (Wildman–Crippen LogP) is -0.0573. The summed E-state index contributed by atoms with van der Waals surface area (Å²) in [7, 11) is -3.84. The molecule has 2 amide bonds. The first-order valence-electron chi connectivity index (χ1n) is 7.18. The zero-order valence-electron chi connectivity index (χ0n) is 12.1. The molecule has 2 aliphatic heterocycles. The van der Waals surface area contributed by atoms with Gasteiger partial charge in [-0.05, 0) is 38.1 Å². The van der Waals surface area contributed by atoms with Crippen LogP contribution in [0.3, 0.4) is 0 Å². The van der Waals surface area contributed by atoms with Crippen LogP contribution in [0.5, 0.6) is 0 Å². The third kappa shape index (κ3) is 2.28. The maximum Gasteiger partial charge on any atom is 0.268 e. The number of nitrogens with zero attached hydrogens (tertiary/aromatic N) is 1. The Morgan fingerprint density at radius 1 is 1.45 bits per heavy atom. The summed E-state index contributed by atoms with van der Waals surface area (Å²) in [5.41, 5.74) is 0.376. The van der Waals surface area contributed by atoms with E-state index in [-0.39, 0.29) is 34.5 Å². The fraction of sp³-hybridized carbons (Fsp3) is 0.429. The average molecular weight is 323 g/mol. The topological polar surface area (TPSA) is 95.6 Å². The molecule has 2 aliphatic rings. The first kappa shape index (κ1) is 15.0. The van der Waals surface area contributed by atoms with Crippen molar-refractivity contribution >= 4 is 21.8 Å². The molecule has 1 aromatic carbocycles. The summed E-state index contributed by atoms with van der Waals surface area (Å²) in [6, 6.07) is 4.23. The van der Waals surface area contributed by atoms with Crippen LogP contribution < -0.4 is 10.6 Å². The van der Waals surface area contributed by atoms with Crippen molar-refractivity contribution < 1.29 is 18.0 Å². The Morgan fingerprint density at radius 3 is 2.86 bits per heavy atom. The number of rotatable bonds is 3. The van der Waals surface area contributed by atoms with Crippen LogP contribution in [0, 0.1) is 0 Å². The highest BCUT2D eigenvalue weighted by Crippen LogP contribution is 2.30. The van der Waals surface area contributed by atoms with Crippen molar-refractivity contribution in [3.05, 3.63) is 29.3 Å². The lowest BCUT2D eigenvalue weighted by molar-refractivity contribution is 0.0873. The molecule has 1 aromatic rings. The van der Waals surface area contributed by atoms with E-state index in [4.69, 9.17) is 0 Å². The number of nitrogens with one attached hydrogen (secondary N) is 2. The molecule has 2 N–H and O–H groups in total. The van der Waals surface area contributed by atoms with Crippen LogP contribution in [0.15, 0.2) is 23.1 Å². The van der Waals surface area contributed by atoms with Crippen LogP contribution in [0.4, 0.5) is 0 Å². The second-order valence-corrected chi connectivity index (χ2v) is 7.18. The van der Waals surface area contributed by atoms with Crippen LogP contribution in [0.2, 0.25) is 0 Å². The number of fused-ring (bicyclic) bond motifs is 1. The number of hydrogen-bond donors (Lipinski definition) is 2. The summed E-state index contributed by atoms with van der Waals surface area (Å²) in [6.07, 6.45) is 0.844. The summed E-state index contributed by atoms with van der Waals surface area (Å²) in [5.74, 6) is -0.862. The van der Waals surface area contributed by atoms with Crippen molar-refractivity contribution in [3.63, 3.8) is 0 Å². The van der Waals surface area contributed by atoms with Gasteiger partial charge in [0.05, 0.1) is 5.56 Å². The van der Waals surface area contributed by atoms with Crippen LogP contribution in [-0.4, -0.2) is 50.2 Å². The van der Waals surface area contributed by atoms with Gasteiger partial charge in [0.2, 0.25) is 0 Å². The number of benzene rings is 1. The van der Waals surface area contributed by atoms with Gasteiger partial charge in [-0.2, -0.15) is 0 Å². The fourth-order valence-electron chi connectivity index (χ4n) is 2.78. The van der Waals surface area contributed by atoms with E-state index in [2.05, 4.69) is 10.6 Å². The number of carbonyl (C=O) groups excluding carboxylic acids is 2. The van der Waals surface area contributed by atoms with Crippen molar-refractivity contribution in [2.24, 2.45) is 0 Å². The molecule has 118 valence electrons. The maximum absolute atomic E-state index is 12.3. The van der Waals surface area contributed by atoms with E-state index in [1.165, 1.54) is 18.2 Å². The van der Waals surface area contributed by atoms with Crippen LogP contribution in [0.25, 0.3) is 0 Å². The molecule has 1 saturated heterocycles. The summed E-state index contributed by atoms with van der Waals surface area (Å²) in [6.45, 7) is 3.23. The fourth-order valence-corrected chi connectivity index (χ4v) is 4.38. The van der Waals surface area contributed by atoms with Gasteiger partial charge in [0, 0.05) is 24.7 Å². The molecule has 1 unspecified atom stereocenters. The van der Waals surface area contributed by atoms with Gasteiger partial charge >= 0.3 is 0 Å². The van der Waals surface area contributed by atoms with Gasteiger partial charge in [0.1, 0.15) is 4.90 Å². The first-order valence-corrected chi connectivity index (χ1v) is 8.62. The van der Waals surface area contributed by atoms with E-state index in [0.717, 1.165) is 17.3 Å². The lowest BCUT2D eigenvalue weighted by Gasteiger charge is -2.12. The van der Waals surface area contributed by atoms with Crippen molar-refractivity contribution in [3.8, 4) is 0 Å². The maximum atomic E-state index is 12.3. The normalized spacial score (nSPS) is 22.7. The number of sulfonamides is 1. The zero-order valence-corrected chi connectivity index (χ0v) is 12.9. The highest BCUT2D eigenvalue weighted by atomic mass is 32.2. The Morgan fingerprint density at radius 2 is 2.23 bits per heavy atom. The number of hydrogen-bond acceptors (Lipinski definition) is 5. The lowest BCUT2D eigenvalue weighted by atomic mass is 10.1. The second kappa shape index (κ2) is 5.36. The Hall–Kier alpha value is -1.93. The number of amides is 2. The van der Waals surface area contributed by atoms with Crippen LogP contribution in [-0.2, 0) is 10.0 Å². The molecule has 0 radical (unpaired) electrons. The molecule has 2 heterocycles. The second-order valence-electron chi connectivity index (χ2n) is 5.35. The van der Waals surface area contributed by atoms with E-state index in [1.807, 2.05) is 0 Å². The van der Waals surface area contributed by atoms with Crippen molar-refractivity contribution in [2.75, 3.05) is 19.6 Å². The molecule has 0 spiro atoms. The molecule has 7 nitrogen and oxygen atoms in total. The molecule has 0 aromatic heterocycles. The summed E-state index contributed by atoms with van der Waals surface area (Å²) in [5, 5.41) is 6.00. The van der Waals surface area contributed by atoms with Gasteiger partial charge in [0.25, 0.3) is 21.8 Å². The molecule has 0 saturated carbocycles. The third-order valence-corrected chi connectivity index (χ3v) is 5.85. The van der Waals surface area contributed by atoms with Gasteiger partial charge < -0.3 is 10.6 Å². The lowest BCUT2D eigenvalue weighted by Crippen LogP contribution is -2.36. The minimum absolute atomic E-state index is 0.0473. The zero-order chi connectivity index (χ0) is 15.9. The first-order chi connectivity index (χ1) is 10.4. The van der Waals surface area contributed by atoms with E-state index >= 15 is 0 Å². The SMILES string of the molecule is CCN1C(=O)c2ccc(C(=O)NC3CCNC3)cc2S1(=O)=O. The predicted molar refractivity (Wildman–Crippen MR) is 79.1 cm³/mol. The van der Waals surface area contributed by atoms with Gasteiger partial charge in [-0.1, -0.05) is 0 Å². The largest absolute Gasteiger partial charge is 0.348 e. The molecule has 8 heteroatoms. The Labute approximate surface area is 128 Å². The van der Waals surface area contributed by atoms with E-state index < -0.39 is 15.9 Å². The van der Waals surface area contributed by atoms with Gasteiger partial charge in [-0.15, -0.1) is 0 Å². The van der Waals surface area contributed by atoms with Gasteiger partial charge in [-0.3, -0.25) is 9.59 Å². The summed E-state index contributed by atoms with van der Waals surface area (Å²) >= 11 is 0. The Bertz CT molecular complexity index is 738. The molecule has 0 aliphatic carbocycles. The highest BCUT2D eigenvalue weighted by molar-refractivity contribution is 7.90. The Kier molecular flexibility index (Phi) is 3.65. The molecule has 0 bridgehead atoms. The van der Waals surface area contributed by atoms with Crippen LogP contribution in [0.1, 0.15) is 34.1 Å². The van der Waals surface area contributed by atoms with Crippen LogP contribution >= 0.6 is 0 Å². The summed E-state index contributed by atoms with van der Waals surface area (Å²) < 4.78 is 25.4. The molecule has 22 heavy (non-hydrogen) atoms. The van der Waals surface area contributed by atoms with Gasteiger partial charge in [-0.25, -0.2) is 12.7 Å². The third-order valence-electron chi connectivity index (χ3n) is 3.95. The Balaban J connectivity index is 1.92. The van der Waals surface area contributed by atoms with Crippen molar-refractivity contribution in [1.82, 2.24) is 14.9 Å². The number of carbonyl (C=O) groups is 2. The minimum atomic E-state index is -3.84. The van der Waals surface area contributed by atoms with E-state index in [9.17, 15) is 18.0 Å². The smallest absolute Gasteiger partial charge is 0.268 e. The molecule has 1 atom stereocenters. The summed E-state index contributed by atoms with van der Waals surface area (Å²) in [4.78, 5) is 24.2. The molecule has 1 fully saturated rings. The van der Waals surface area contributed by atoms with E-state index in [0.29, 0.717) is 6.54 Å².